The van der Waals surface area contributed by atoms with Crippen LogP contribution in [0.1, 0.15) is 25.5 Å². The van der Waals surface area contributed by atoms with Crippen LogP contribution in [0.3, 0.4) is 0 Å². The quantitative estimate of drug-likeness (QED) is 0.478. The molecular weight excluding hydrogens is 376 g/mol. The average molecular weight is 401 g/mol. The molecular formula is C20H24N4O3S. The first-order valence-corrected chi connectivity index (χ1v) is 10.1. The van der Waals surface area contributed by atoms with E-state index in [4.69, 9.17) is 9.47 Å². The smallest absolute Gasteiger partial charge is 0.252 e. The molecule has 3 rings (SSSR count). The van der Waals surface area contributed by atoms with Gasteiger partial charge >= 0.3 is 0 Å². The van der Waals surface area contributed by atoms with Crippen molar-refractivity contribution in [2.45, 2.75) is 31.6 Å². The fraction of sp³-hybridized carbons (Fsp3) is 0.350. The van der Waals surface area contributed by atoms with Gasteiger partial charge in [0.2, 0.25) is 0 Å². The van der Waals surface area contributed by atoms with E-state index in [-0.39, 0.29) is 11.6 Å². The van der Waals surface area contributed by atoms with E-state index < -0.39 is 0 Å². The number of hydrogen-bond donors (Lipinski definition) is 1. The highest BCUT2D eigenvalue weighted by molar-refractivity contribution is 7.98. The Kier molecular flexibility index (Phi) is 6.08. The van der Waals surface area contributed by atoms with Gasteiger partial charge in [0.25, 0.3) is 5.56 Å². The van der Waals surface area contributed by atoms with E-state index in [1.54, 1.807) is 30.9 Å². The molecule has 0 bridgehead atoms. The van der Waals surface area contributed by atoms with Crippen LogP contribution in [0.4, 0.5) is 5.82 Å². The normalized spacial score (nSPS) is 11.1. The van der Waals surface area contributed by atoms with Crippen LogP contribution in [0.2, 0.25) is 0 Å². The molecule has 0 aliphatic heterocycles. The summed E-state index contributed by atoms with van der Waals surface area (Å²) < 4.78 is 12.4. The van der Waals surface area contributed by atoms with Gasteiger partial charge in [0.1, 0.15) is 23.0 Å². The number of ether oxygens (including phenoxy) is 2. The SMILES string of the molecule is COc1ccc(CNc2nc(SC)nc3c2ccc(=O)n3C(C)C)c(OC)c1. The molecule has 8 heteroatoms. The summed E-state index contributed by atoms with van der Waals surface area (Å²) >= 11 is 1.44. The Morgan fingerprint density at radius 1 is 1.14 bits per heavy atom. The zero-order valence-electron chi connectivity index (χ0n) is 16.6. The lowest BCUT2D eigenvalue weighted by molar-refractivity contribution is 0.391. The standard InChI is InChI=1S/C20H24N4O3S/c1-12(2)24-17(25)9-8-15-18(22-20(28-5)23-19(15)24)21-11-13-6-7-14(26-3)10-16(13)27-4/h6-10,12H,11H2,1-5H3,(H,21,22,23). The van der Waals surface area contributed by atoms with Crippen molar-refractivity contribution in [3.05, 3.63) is 46.2 Å². The van der Waals surface area contributed by atoms with Crippen LogP contribution in [0.5, 0.6) is 11.5 Å². The van der Waals surface area contributed by atoms with E-state index in [1.807, 2.05) is 38.3 Å². The summed E-state index contributed by atoms with van der Waals surface area (Å²) in [5.41, 5.74) is 1.53. The maximum absolute atomic E-state index is 12.4. The first-order valence-electron chi connectivity index (χ1n) is 8.90. The van der Waals surface area contributed by atoms with Gasteiger partial charge in [0, 0.05) is 30.3 Å². The summed E-state index contributed by atoms with van der Waals surface area (Å²) in [6, 6.07) is 9.02. The summed E-state index contributed by atoms with van der Waals surface area (Å²) in [5, 5.41) is 4.79. The number of methoxy groups -OCH3 is 2. The third kappa shape index (κ3) is 3.91. The molecule has 148 valence electrons. The minimum absolute atomic E-state index is 0.00432. The Balaban J connectivity index is 2.04. The summed E-state index contributed by atoms with van der Waals surface area (Å²) in [7, 11) is 3.25. The topological polar surface area (TPSA) is 78.3 Å². The van der Waals surface area contributed by atoms with Gasteiger partial charge in [0.05, 0.1) is 19.6 Å². The molecule has 0 saturated heterocycles. The monoisotopic (exact) mass is 400 g/mol. The molecule has 1 aromatic carbocycles. The van der Waals surface area contributed by atoms with Crippen LogP contribution in [0.25, 0.3) is 11.0 Å². The first-order chi connectivity index (χ1) is 13.5. The van der Waals surface area contributed by atoms with Crippen molar-refractivity contribution in [3.63, 3.8) is 0 Å². The van der Waals surface area contributed by atoms with Gasteiger partial charge in [-0.2, -0.15) is 0 Å². The molecule has 3 aromatic rings. The van der Waals surface area contributed by atoms with Crippen molar-refractivity contribution in [2.24, 2.45) is 0 Å². The van der Waals surface area contributed by atoms with E-state index in [0.29, 0.717) is 23.2 Å². The molecule has 0 spiro atoms. The van der Waals surface area contributed by atoms with Gasteiger partial charge in [-0.3, -0.25) is 9.36 Å². The van der Waals surface area contributed by atoms with Gasteiger partial charge in [-0.25, -0.2) is 9.97 Å². The van der Waals surface area contributed by atoms with Crippen LogP contribution in [-0.4, -0.2) is 35.0 Å². The third-order valence-corrected chi connectivity index (χ3v) is 4.95. The van der Waals surface area contributed by atoms with Crippen LogP contribution < -0.4 is 20.3 Å². The van der Waals surface area contributed by atoms with Gasteiger partial charge in [-0.15, -0.1) is 0 Å². The molecule has 0 saturated carbocycles. The highest BCUT2D eigenvalue weighted by Gasteiger charge is 2.14. The molecule has 0 aliphatic carbocycles. The molecule has 0 fully saturated rings. The Hall–Kier alpha value is -2.74. The van der Waals surface area contributed by atoms with E-state index in [0.717, 1.165) is 22.4 Å². The molecule has 0 unspecified atom stereocenters. The van der Waals surface area contributed by atoms with Gasteiger partial charge < -0.3 is 14.8 Å². The fourth-order valence-corrected chi connectivity index (χ4v) is 3.38. The zero-order valence-corrected chi connectivity index (χ0v) is 17.5. The van der Waals surface area contributed by atoms with Crippen molar-refractivity contribution in [3.8, 4) is 11.5 Å². The molecule has 0 atom stereocenters. The lowest BCUT2D eigenvalue weighted by Crippen LogP contribution is -2.22. The Morgan fingerprint density at radius 3 is 2.57 bits per heavy atom. The summed E-state index contributed by atoms with van der Waals surface area (Å²) in [5.74, 6) is 2.15. The number of nitrogens with one attached hydrogen (secondary N) is 1. The largest absolute Gasteiger partial charge is 0.497 e. The van der Waals surface area contributed by atoms with Crippen molar-refractivity contribution < 1.29 is 9.47 Å². The van der Waals surface area contributed by atoms with Gasteiger partial charge in [-0.05, 0) is 38.3 Å². The molecule has 0 radical (unpaired) electrons. The molecule has 7 nitrogen and oxygen atoms in total. The number of benzene rings is 1. The number of hydrogen-bond acceptors (Lipinski definition) is 7. The minimum atomic E-state index is -0.0731. The fourth-order valence-electron chi connectivity index (χ4n) is 3.02. The van der Waals surface area contributed by atoms with Crippen LogP contribution in [-0.2, 0) is 6.54 Å². The Bertz CT molecular complexity index is 1050. The number of thioether (sulfide) groups is 1. The summed E-state index contributed by atoms with van der Waals surface area (Å²) in [6.45, 7) is 4.45. The zero-order chi connectivity index (χ0) is 20.3. The lowest BCUT2D eigenvalue weighted by Gasteiger charge is -2.16. The van der Waals surface area contributed by atoms with Gasteiger partial charge in [0.15, 0.2) is 5.16 Å². The molecule has 1 N–H and O–H groups in total. The van der Waals surface area contributed by atoms with E-state index in [2.05, 4.69) is 15.3 Å². The third-order valence-electron chi connectivity index (χ3n) is 4.40. The summed E-state index contributed by atoms with van der Waals surface area (Å²) in [6.07, 6.45) is 1.91. The number of fused-ring (bicyclic) bond motifs is 1. The Labute approximate surface area is 168 Å². The predicted octanol–water partition coefficient (Wildman–Crippen LogP) is 3.72. The van der Waals surface area contributed by atoms with Crippen LogP contribution in [0, 0.1) is 0 Å². The molecule has 2 aromatic heterocycles. The van der Waals surface area contributed by atoms with Gasteiger partial charge in [-0.1, -0.05) is 11.8 Å². The van der Waals surface area contributed by atoms with Crippen molar-refractivity contribution in [2.75, 3.05) is 25.8 Å². The number of anilines is 1. The maximum atomic E-state index is 12.4. The molecule has 0 amide bonds. The first kappa shape index (κ1) is 20.0. The predicted molar refractivity (Wildman–Crippen MR) is 113 cm³/mol. The minimum Gasteiger partial charge on any atom is -0.497 e. The summed E-state index contributed by atoms with van der Waals surface area (Å²) in [4.78, 5) is 21.6. The second kappa shape index (κ2) is 8.52. The maximum Gasteiger partial charge on any atom is 0.252 e. The van der Waals surface area contributed by atoms with Crippen molar-refractivity contribution in [1.82, 2.24) is 14.5 Å². The molecule has 28 heavy (non-hydrogen) atoms. The van der Waals surface area contributed by atoms with E-state index in [1.165, 1.54) is 11.8 Å². The second-order valence-electron chi connectivity index (χ2n) is 6.46. The Morgan fingerprint density at radius 2 is 1.93 bits per heavy atom. The van der Waals surface area contributed by atoms with E-state index in [9.17, 15) is 4.79 Å². The molecule has 0 aliphatic rings. The highest BCUT2D eigenvalue weighted by atomic mass is 32.2. The van der Waals surface area contributed by atoms with Crippen molar-refractivity contribution >= 4 is 28.6 Å². The van der Waals surface area contributed by atoms with Crippen LogP contribution >= 0.6 is 11.8 Å². The number of aromatic nitrogens is 3. The van der Waals surface area contributed by atoms with Crippen LogP contribution in [0.15, 0.2) is 40.3 Å². The van der Waals surface area contributed by atoms with Crippen molar-refractivity contribution in [1.29, 1.82) is 0 Å². The second-order valence-corrected chi connectivity index (χ2v) is 7.24. The molecule has 2 heterocycles. The number of pyridine rings is 1. The number of rotatable bonds is 7. The highest BCUT2D eigenvalue weighted by Crippen LogP contribution is 2.28. The average Bonchev–Trinajstić information content (AvgIpc) is 2.70. The lowest BCUT2D eigenvalue weighted by atomic mass is 10.2. The number of nitrogens with zero attached hydrogens (tertiary/aromatic N) is 3. The van der Waals surface area contributed by atoms with E-state index >= 15 is 0 Å².